The smallest absolute Gasteiger partial charge is 0.444 e. The topological polar surface area (TPSA) is 68.3 Å². The fourth-order valence-electron chi connectivity index (χ4n) is 3.74. The molecule has 0 N–H and O–H groups in total. The number of hydrogen-bond donors (Lipinski definition) is 0. The van der Waals surface area contributed by atoms with E-state index < -0.39 is 35.8 Å². The highest BCUT2D eigenvalue weighted by molar-refractivity contribution is 6.62. The number of rotatable bonds is 2. The second-order valence-corrected chi connectivity index (χ2v) is 10.6. The van der Waals surface area contributed by atoms with Gasteiger partial charge in [-0.05, 0) is 67.5 Å². The molecule has 2 aliphatic rings. The summed E-state index contributed by atoms with van der Waals surface area (Å²) < 4.78 is 32.2. The largest absolute Gasteiger partial charge is 0.497 e. The van der Waals surface area contributed by atoms with Crippen LogP contribution in [-0.4, -0.2) is 71.4 Å². The number of amides is 2. The van der Waals surface area contributed by atoms with Gasteiger partial charge in [0.2, 0.25) is 0 Å². The first kappa shape index (κ1) is 24.5. The highest BCUT2D eigenvalue weighted by Crippen LogP contribution is 2.36. The third kappa shape index (κ3) is 4.93. The van der Waals surface area contributed by atoms with Gasteiger partial charge in [0.25, 0.3) is 5.91 Å². The van der Waals surface area contributed by atoms with Gasteiger partial charge in [0.1, 0.15) is 11.4 Å². The summed E-state index contributed by atoms with van der Waals surface area (Å²) in [7, 11) is -0.832. The Bertz CT molecular complexity index is 883. The molecule has 2 heterocycles. The van der Waals surface area contributed by atoms with Crippen molar-refractivity contribution in [1.82, 2.24) is 9.80 Å². The summed E-state index contributed by atoms with van der Waals surface area (Å²) in [5.41, 5.74) is -1.23. The molecular formula is C23H34BFN2O5. The number of ether oxygens (including phenoxy) is 1. The minimum Gasteiger partial charge on any atom is -0.444 e. The van der Waals surface area contributed by atoms with Crippen LogP contribution in [0.25, 0.3) is 0 Å². The lowest BCUT2D eigenvalue weighted by Gasteiger charge is -2.40. The Kier molecular flexibility index (Phi) is 6.39. The molecule has 176 valence electrons. The number of nitrogens with zero attached hydrogens (tertiary/aromatic N) is 2. The number of halogens is 1. The van der Waals surface area contributed by atoms with Gasteiger partial charge in [0.05, 0.1) is 11.2 Å². The molecule has 0 bridgehead atoms. The molecule has 7 nitrogen and oxygen atoms in total. The predicted octanol–water partition coefficient (Wildman–Crippen LogP) is 3.21. The van der Waals surface area contributed by atoms with Crippen molar-refractivity contribution in [2.75, 3.05) is 19.6 Å². The molecule has 0 saturated carbocycles. The van der Waals surface area contributed by atoms with Crippen molar-refractivity contribution in [3.63, 3.8) is 0 Å². The first-order valence-electron chi connectivity index (χ1n) is 11.1. The van der Waals surface area contributed by atoms with E-state index in [1.165, 1.54) is 6.07 Å². The van der Waals surface area contributed by atoms with E-state index in [9.17, 15) is 14.0 Å². The van der Waals surface area contributed by atoms with Crippen LogP contribution in [0.5, 0.6) is 0 Å². The van der Waals surface area contributed by atoms with Crippen molar-refractivity contribution in [3.05, 3.63) is 29.6 Å². The van der Waals surface area contributed by atoms with Gasteiger partial charge in [0.15, 0.2) is 0 Å². The van der Waals surface area contributed by atoms with Gasteiger partial charge in [-0.1, -0.05) is 6.07 Å². The van der Waals surface area contributed by atoms with Crippen LogP contribution in [0.15, 0.2) is 18.2 Å². The van der Waals surface area contributed by atoms with Crippen molar-refractivity contribution in [1.29, 1.82) is 0 Å². The van der Waals surface area contributed by atoms with Crippen LogP contribution in [0.4, 0.5) is 9.18 Å². The SMILES string of the molecule is C[C@@H]1CN(C(=O)c2ccc(B3OC(C)(C)C(C)(C)O3)c(F)c2)CCN1C(=O)OC(C)(C)C. The maximum absolute atomic E-state index is 14.9. The van der Waals surface area contributed by atoms with Crippen LogP contribution in [0.3, 0.4) is 0 Å². The Morgan fingerprint density at radius 2 is 1.72 bits per heavy atom. The molecule has 2 aliphatic heterocycles. The normalized spacial score (nSPS) is 22.8. The van der Waals surface area contributed by atoms with Gasteiger partial charge in [-0.25, -0.2) is 9.18 Å². The monoisotopic (exact) mass is 448 g/mol. The van der Waals surface area contributed by atoms with Crippen LogP contribution >= 0.6 is 0 Å². The van der Waals surface area contributed by atoms with Crippen LogP contribution in [-0.2, 0) is 14.0 Å². The molecule has 32 heavy (non-hydrogen) atoms. The average molecular weight is 448 g/mol. The Balaban J connectivity index is 1.68. The fourth-order valence-corrected chi connectivity index (χ4v) is 3.74. The molecule has 2 saturated heterocycles. The molecular weight excluding hydrogens is 414 g/mol. The van der Waals surface area contributed by atoms with E-state index in [1.54, 1.807) is 21.9 Å². The number of piperazine rings is 1. The number of carbonyl (C=O) groups is 2. The third-order valence-corrected chi connectivity index (χ3v) is 6.30. The Labute approximate surface area is 190 Å². The van der Waals surface area contributed by atoms with E-state index in [0.717, 1.165) is 0 Å². The maximum atomic E-state index is 14.9. The van der Waals surface area contributed by atoms with E-state index in [0.29, 0.717) is 19.6 Å². The minimum absolute atomic E-state index is 0.212. The quantitative estimate of drug-likeness (QED) is 0.651. The number of carbonyl (C=O) groups excluding carboxylic acids is 2. The number of benzene rings is 1. The fraction of sp³-hybridized carbons (Fsp3) is 0.652. The standard InChI is InChI=1S/C23H34BFN2O5/c1-15-14-26(11-12-27(15)20(29)30-21(2,3)4)19(28)16-9-10-17(18(25)13-16)24-31-22(5,6)23(7,8)32-24/h9-10,13,15H,11-12,14H2,1-8H3/t15-/m1/s1. The van der Waals surface area contributed by atoms with Crippen molar-refractivity contribution in [2.24, 2.45) is 0 Å². The second kappa shape index (κ2) is 8.34. The summed E-state index contributed by atoms with van der Waals surface area (Å²) in [5.74, 6) is -0.824. The van der Waals surface area contributed by atoms with Crippen LogP contribution in [0, 0.1) is 5.82 Å². The summed E-state index contributed by atoms with van der Waals surface area (Å²) in [6.07, 6.45) is -0.394. The lowest BCUT2D eigenvalue weighted by molar-refractivity contribution is 0.00198. The summed E-state index contributed by atoms with van der Waals surface area (Å²) >= 11 is 0. The zero-order valence-corrected chi connectivity index (χ0v) is 20.3. The molecule has 2 fully saturated rings. The molecule has 0 unspecified atom stereocenters. The molecule has 1 aromatic carbocycles. The van der Waals surface area contributed by atoms with Crippen molar-refractivity contribution < 1.29 is 28.0 Å². The van der Waals surface area contributed by atoms with Crippen molar-refractivity contribution >= 4 is 24.6 Å². The van der Waals surface area contributed by atoms with Gasteiger partial charge < -0.3 is 23.8 Å². The summed E-state index contributed by atoms with van der Waals surface area (Å²) in [5, 5.41) is 0. The van der Waals surface area contributed by atoms with Gasteiger partial charge in [0, 0.05) is 36.7 Å². The molecule has 0 radical (unpaired) electrons. The molecule has 0 aromatic heterocycles. The molecule has 0 spiro atoms. The lowest BCUT2D eigenvalue weighted by atomic mass is 9.78. The third-order valence-electron chi connectivity index (χ3n) is 6.30. The van der Waals surface area contributed by atoms with E-state index in [1.807, 2.05) is 55.4 Å². The zero-order valence-electron chi connectivity index (χ0n) is 20.3. The van der Waals surface area contributed by atoms with Crippen molar-refractivity contribution in [3.8, 4) is 0 Å². The Morgan fingerprint density at radius 1 is 1.12 bits per heavy atom. The molecule has 9 heteroatoms. The molecule has 3 rings (SSSR count). The van der Waals surface area contributed by atoms with E-state index in [4.69, 9.17) is 14.0 Å². The predicted molar refractivity (Wildman–Crippen MR) is 120 cm³/mol. The lowest BCUT2D eigenvalue weighted by Crippen LogP contribution is -2.56. The van der Waals surface area contributed by atoms with Gasteiger partial charge in [-0.3, -0.25) is 4.79 Å². The zero-order chi connectivity index (χ0) is 24.1. The Morgan fingerprint density at radius 3 is 2.22 bits per heavy atom. The summed E-state index contributed by atoms with van der Waals surface area (Å²) in [6.45, 7) is 16.0. The maximum Gasteiger partial charge on any atom is 0.497 e. The number of hydrogen-bond acceptors (Lipinski definition) is 5. The van der Waals surface area contributed by atoms with Crippen LogP contribution in [0.2, 0.25) is 0 Å². The van der Waals surface area contributed by atoms with Crippen LogP contribution < -0.4 is 5.46 Å². The first-order valence-corrected chi connectivity index (χ1v) is 11.1. The van der Waals surface area contributed by atoms with Gasteiger partial charge >= 0.3 is 13.2 Å². The Hall–Kier alpha value is -2.13. The first-order chi connectivity index (χ1) is 14.6. The van der Waals surface area contributed by atoms with Crippen molar-refractivity contribution in [2.45, 2.75) is 78.2 Å². The second-order valence-electron chi connectivity index (χ2n) is 10.6. The molecule has 2 amide bonds. The highest BCUT2D eigenvalue weighted by Gasteiger charge is 2.52. The summed E-state index contributed by atoms with van der Waals surface area (Å²) in [4.78, 5) is 28.7. The average Bonchev–Trinajstić information content (AvgIpc) is 2.86. The highest BCUT2D eigenvalue weighted by atomic mass is 19.1. The van der Waals surface area contributed by atoms with E-state index >= 15 is 0 Å². The van der Waals surface area contributed by atoms with Gasteiger partial charge in [-0.2, -0.15) is 0 Å². The van der Waals surface area contributed by atoms with Gasteiger partial charge in [-0.15, -0.1) is 0 Å². The molecule has 1 atom stereocenters. The van der Waals surface area contributed by atoms with E-state index in [2.05, 4.69) is 0 Å². The van der Waals surface area contributed by atoms with E-state index in [-0.39, 0.29) is 23.0 Å². The molecule has 1 aromatic rings. The molecule has 0 aliphatic carbocycles. The minimum atomic E-state index is -0.832. The summed E-state index contributed by atoms with van der Waals surface area (Å²) in [6, 6.07) is 4.16. The van der Waals surface area contributed by atoms with Crippen LogP contribution in [0.1, 0.15) is 65.7 Å².